The van der Waals surface area contributed by atoms with Gasteiger partial charge >= 0.3 is 0 Å². The minimum absolute atomic E-state index is 0.0429. The van der Waals surface area contributed by atoms with Crippen molar-refractivity contribution in [2.75, 3.05) is 49.1 Å². The molecule has 0 spiro atoms. The number of hydrogen-bond acceptors (Lipinski definition) is 9. The number of carbonyl (C=O) groups is 1. The van der Waals surface area contributed by atoms with Gasteiger partial charge in [-0.15, -0.1) is 0 Å². The molecule has 1 aromatic carbocycles. The van der Waals surface area contributed by atoms with Crippen LogP contribution in [0.2, 0.25) is 0 Å². The Morgan fingerprint density at radius 3 is 2.41 bits per heavy atom. The number of benzene rings is 1. The number of fused-ring (bicyclic) bond motifs is 1. The van der Waals surface area contributed by atoms with Gasteiger partial charge in [-0.3, -0.25) is 9.36 Å². The lowest BCUT2D eigenvalue weighted by Gasteiger charge is -2.38. The molecule has 6 rings (SSSR count). The van der Waals surface area contributed by atoms with Crippen molar-refractivity contribution in [3.8, 4) is 5.95 Å². The Morgan fingerprint density at radius 1 is 0.923 bits per heavy atom. The van der Waals surface area contributed by atoms with E-state index < -0.39 is 12.2 Å². The molecule has 0 unspecified atom stereocenters. The number of halogens is 2. The summed E-state index contributed by atoms with van der Waals surface area (Å²) < 4.78 is 40.7. The summed E-state index contributed by atoms with van der Waals surface area (Å²) in [7, 11) is 0. The van der Waals surface area contributed by atoms with Crippen LogP contribution in [0.1, 0.15) is 36.7 Å². The molecule has 2 aliphatic rings. The fourth-order valence-corrected chi connectivity index (χ4v) is 5.00. The first-order chi connectivity index (χ1) is 18.9. The first kappa shape index (κ1) is 25.2. The van der Waals surface area contributed by atoms with Gasteiger partial charge in [0.1, 0.15) is 0 Å². The van der Waals surface area contributed by atoms with Gasteiger partial charge in [-0.1, -0.05) is 12.1 Å². The first-order valence-corrected chi connectivity index (χ1v) is 12.9. The monoisotopic (exact) mass is 538 g/mol. The van der Waals surface area contributed by atoms with Crippen LogP contribution in [0.4, 0.5) is 20.7 Å². The van der Waals surface area contributed by atoms with Crippen LogP contribution >= 0.6 is 0 Å². The predicted octanol–water partition coefficient (Wildman–Crippen LogP) is 3.32. The Kier molecular flexibility index (Phi) is 6.59. The van der Waals surface area contributed by atoms with E-state index in [0.29, 0.717) is 62.3 Å². The van der Waals surface area contributed by atoms with Crippen LogP contribution in [0.25, 0.3) is 17.0 Å². The number of alkyl halides is 2. The van der Waals surface area contributed by atoms with Crippen molar-refractivity contribution in [1.82, 2.24) is 29.4 Å². The molecule has 4 aromatic rings. The Balaban J connectivity index is 1.39. The van der Waals surface area contributed by atoms with Crippen molar-refractivity contribution < 1.29 is 22.7 Å². The SMILES string of the molecule is C[C@H]1OCCN(c2nc(N3CCN(C(=O)c4ccco4)CC3)nc(-n3c(C(F)F)nc4ccccc43)n2)[C@H]1C. The number of aromatic nitrogens is 5. The minimum atomic E-state index is -2.83. The third-order valence-corrected chi connectivity index (χ3v) is 7.30. The highest BCUT2D eigenvalue weighted by Gasteiger charge is 2.31. The van der Waals surface area contributed by atoms with E-state index in [-0.39, 0.29) is 29.8 Å². The number of hydrogen-bond donors (Lipinski definition) is 0. The number of piperazine rings is 1. The number of carbonyl (C=O) groups excluding carboxylic acids is 1. The fraction of sp³-hybridized carbons (Fsp3) is 0.423. The first-order valence-electron chi connectivity index (χ1n) is 12.9. The molecule has 204 valence electrons. The number of nitrogens with zero attached hydrogens (tertiary/aromatic N) is 8. The summed E-state index contributed by atoms with van der Waals surface area (Å²) in [5.41, 5.74) is 0.905. The maximum Gasteiger partial charge on any atom is 0.296 e. The summed E-state index contributed by atoms with van der Waals surface area (Å²) in [4.78, 5) is 36.7. The zero-order chi connectivity index (χ0) is 27.1. The molecule has 2 aliphatic heterocycles. The average molecular weight is 539 g/mol. The Hall–Kier alpha value is -4.13. The zero-order valence-corrected chi connectivity index (χ0v) is 21.6. The van der Waals surface area contributed by atoms with Crippen molar-refractivity contribution in [2.45, 2.75) is 32.4 Å². The summed E-state index contributed by atoms with van der Waals surface area (Å²) in [5, 5.41) is 0. The third-order valence-electron chi connectivity index (χ3n) is 7.30. The molecular formula is C26H28F2N8O3. The number of para-hydroxylation sites is 2. The predicted molar refractivity (Wildman–Crippen MR) is 138 cm³/mol. The molecule has 0 radical (unpaired) electrons. The Labute approximate surface area is 223 Å². The molecule has 2 saturated heterocycles. The fourth-order valence-electron chi connectivity index (χ4n) is 5.00. The molecule has 5 heterocycles. The highest BCUT2D eigenvalue weighted by molar-refractivity contribution is 5.91. The third kappa shape index (κ3) is 4.67. The molecule has 0 saturated carbocycles. The largest absolute Gasteiger partial charge is 0.459 e. The number of rotatable bonds is 5. The summed E-state index contributed by atoms with van der Waals surface area (Å²) in [5.74, 6) is 0.472. The highest BCUT2D eigenvalue weighted by atomic mass is 19.3. The summed E-state index contributed by atoms with van der Waals surface area (Å²) in [6, 6.07) is 10.2. The number of ether oxygens (including phenoxy) is 1. The van der Waals surface area contributed by atoms with Crippen molar-refractivity contribution in [1.29, 1.82) is 0 Å². The summed E-state index contributed by atoms with van der Waals surface area (Å²) in [6.45, 7) is 6.80. The molecule has 1 amide bonds. The van der Waals surface area contributed by atoms with E-state index in [1.54, 1.807) is 41.3 Å². The normalized spacial score (nSPS) is 20.3. The molecule has 0 aliphatic carbocycles. The topological polar surface area (TPSA) is 106 Å². The zero-order valence-electron chi connectivity index (χ0n) is 21.6. The standard InChI is InChI=1S/C26H28F2N8O3/c1-16-17(2)38-15-13-35(16)25-30-24(34-11-9-33(10-12-34)23(37)20-8-5-14-39-20)31-26(32-25)36-19-7-4-3-6-18(19)29-22(36)21(27)28/h3-8,14,16-17,21H,9-13,15H2,1-2H3/t16-,17+/m0/s1. The molecule has 0 N–H and O–H groups in total. The molecule has 13 heteroatoms. The quantitative estimate of drug-likeness (QED) is 0.378. The number of morpholine rings is 1. The van der Waals surface area contributed by atoms with Gasteiger partial charge in [0.05, 0.1) is 36.0 Å². The lowest BCUT2D eigenvalue weighted by atomic mass is 10.1. The number of furan rings is 1. The van der Waals surface area contributed by atoms with E-state index >= 15 is 0 Å². The molecule has 3 aromatic heterocycles. The number of anilines is 2. The molecule has 39 heavy (non-hydrogen) atoms. The highest BCUT2D eigenvalue weighted by Crippen LogP contribution is 2.29. The van der Waals surface area contributed by atoms with Gasteiger partial charge in [-0.05, 0) is 38.1 Å². The van der Waals surface area contributed by atoms with Gasteiger partial charge in [-0.2, -0.15) is 15.0 Å². The molecule has 0 bridgehead atoms. The van der Waals surface area contributed by atoms with E-state index in [9.17, 15) is 13.6 Å². The summed E-state index contributed by atoms with van der Waals surface area (Å²) in [6.07, 6.45) is -1.43. The summed E-state index contributed by atoms with van der Waals surface area (Å²) >= 11 is 0. The second kappa shape index (κ2) is 10.2. The van der Waals surface area contributed by atoms with Gasteiger partial charge in [0.25, 0.3) is 12.3 Å². The maximum absolute atomic E-state index is 14.2. The Morgan fingerprint density at radius 2 is 1.67 bits per heavy atom. The van der Waals surface area contributed by atoms with Crippen LogP contribution in [0.3, 0.4) is 0 Å². The van der Waals surface area contributed by atoms with Crippen molar-refractivity contribution in [3.05, 3.63) is 54.2 Å². The lowest BCUT2D eigenvalue weighted by Crippen LogP contribution is -2.50. The molecule has 2 fully saturated rings. The van der Waals surface area contributed by atoms with Gasteiger partial charge in [0, 0.05) is 32.7 Å². The van der Waals surface area contributed by atoms with Crippen LogP contribution in [-0.4, -0.2) is 86.8 Å². The van der Waals surface area contributed by atoms with E-state index in [0.717, 1.165) is 0 Å². The number of amides is 1. The van der Waals surface area contributed by atoms with Gasteiger partial charge in [-0.25, -0.2) is 13.8 Å². The second-order valence-corrected chi connectivity index (χ2v) is 9.60. The van der Waals surface area contributed by atoms with Crippen LogP contribution in [0.15, 0.2) is 47.1 Å². The lowest BCUT2D eigenvalue weighted by molar-refractivity contribution is 0.0277. The van der Waals surface area contributed by atoms with Crippen molar-refractivity contribution in [2.24, 2.45) is 0 Å². The molecular weight excluding hydrogens is 510 g/mol. The van der Waals surface area contributed by atoms with Gasteiger partial charge < -0.3 is 23.9 Å². The Bertz CT molecular complexity index is 1470. The van der Waals surface area contributed by atoms with Crippen LogP contribution in [0, 0.1) is 0 Å². The van der Waals surface area contributed by atoms with E-state index in [2.05, 4.69) is 15.0 Å². The minimum Gasteiger partial charge on any atom is -0.459 e. The van der Waals surface area contributed by atoms with Crippen molar-refractivity contribution >= 4 is 28.8 Å². The smallest absolute Gasteiger partial charge is 0.296 e. The van der Waals surface area contributed by atoms with Gasteiger partial charge in [0.15, 0.2) is 11.6 Å². The van der Waals surface area contributed by atoms with Crippen LogP contribution in [0.5, 0.6) is 0 Å². The number of imidazole rings is 1. The maximum atomic E-state index is 14.2. The second-order valence-electron chi connectivity index (χ2n) is 9.60. The average Bonchev–Trinajstić information content (AvgIpc) is 3.63. The van der Waals surface area contributed by atoms with Gasteiger partial charge in [0.2, 0.25) is 17.8 Å². The van der Waals surface area contributed by atoms with Crippen molar-refractivity contribution in [3.63, 3.8) is 0 Å². The van der Waals surface area contributed by atoms with E-state index in [1.165, 1.54) is 10.8 Å². The van der Waals surface area contributed by atoms with E-state index in [1.807, 2.05) is 23.6 Å². The van der Waals surface area contributed by atoms with E-state index in [4.69, 9.17) is 14.1 Å². The van der Waals surface area contributed by atoms with Crippen LogP contribution < -0.4 is 9.80 Å². The molecule has 2 atom stereocenters. The van der Waals surface area contributed by atoms with Crippen LogP contribution in [-0.2, 0) is 4.74 Å². The molecule has 11 nitrogen and oxygen atoms in total.